The molecule has 2 nitrogen and oxygen atoms in total. The van der Waals surface area contributed by atoms with E-state index < -0.39 is 0 Å². The van der Waals surface area contributed by atoms with E-state index in [1.165, 1.54) is 31.4 Å². The van der Waals surface area contributed by atoms with E-state index in [0.717, 1.165) is 3.95 Å². The predicted molar refractivity (Wildman–Crippen MR) is 90.3 cm³/mol. The summed E-state index contributed by atoms with van der Waals surface area (Å²) in [6.07, 6.45) is 0. The van der Waals surface area contributed by atoms with E-state index in [2.05, 4.69) is 52.9 Å². The third-order valence-electron chi connectivity index (χ3n) is 3.68. The van der Waals surface area contributed by atoms with Crippen molar-refractivity contribution < 1.29 is 0 Å². The van der Waals surface area contributed by atoms with Gasteiger partial charge in [-0.15, -0.1) is 11.3 Å². The van der Waals surface area contributed by atoms with Gasteiger partial charge in [0.05, 0.1) is 21.6 Å². The molecular weight excluding hydrogens is 304 g/mol. The van der Waals surface area contributed by atoms with Crippen LogP contribution < -0.4 is 4.90 Å². The Hall–Kier alpha value is -1.30. The van der Waals surface area contributed by atoms with Crippen LogP contribution in [0, 0.1) is 3.95 Å². The molecule has 2 aromatic carbocycles. The van der Waals surface area contributed by atoms with Crippen molar-refractivity contribution in [2.45, 2.75) is 9.79 Å². The number of hydrogen-bond acceptors (Lipinski definition) is 4. The molecule has 1 aromatic heterocycles. The van der Waals surface area contributed by atoms with Crippen molar-refractivity contribution in [1.29, 1.82) is 0 Å². The number of anilines is 2. The highest BCUT2D eigenvalue weighted by molar-refractivity contribution is 7.99. The summed E-state index contributed by atoms with van der Waals surface area (Å²) in [5.74, 6) is 0. The minimum atomic E-state index is 0.924. The number of aryl methyl sites for hydroxylation is 1. The average Bonchev–Trinajstić information content (AvgIpc) is 2.72. The van der Waals surface area contributed by atoms with Crippen molar-refractivity contribution in [1.82, 2.24) is 4.57 Å². The summed E-state index contributed by atoms with van der Waals surface area (Å²) in [5.41, 5.74) is 3.73. The first-order valence-corrected chi connectivity index (χ1v) is 8.33. The molecule has 0 unspecified atom stereocenters. The summed E-state index contributed by atoms with van der Waals surface area (Å²) in [6.45, 7) is 0. The Kier molecular flexibility index (Phi) is 2.70. The molecule has 0 radical (unpaired) electrons. The monoisotopic (exact) mass is 316 g/mol. The van der Waals surface area contributed by atoms with Gasteiger partial charge in [-0.05, 0) is 36.5 Å². The van der Waals surface area contributed by atoms with Gasteiger partial charge in [-0.25, -0.2) is 0 Å². The molecule has 0 saturated heterocycles. The smallest absolute Gasteiger partial charge is 0.161 e. The van der Waals surface area contributed by atoms with E-state index in [9.17, 15) is 0 Å². The van der Waals surface area contributed by atoms with E-state index in [-0.39, 0.29) is 0 Å². The number of aromatic nitrogens is 1. The lowest BCUT2D eigenvalue weighted by Crippen LogP contribution is -2.14. The second-order valence-electron chi connectivity index (χ2n) is 4.84. The highest BCUT2D eigenvalue weighted by atomic mass is 32.2. The normalized spacial score (nSPS) is 13.4. The Morgan fingerprint density at radius 2 is 1.80 bits per heavy atom. The van der Waals surface area contributed by atoms with E-state index in [1.54, 1.807) is 11.3 Å². The molecule has 0 N–H and O–H groups in total. The zero-order chi connectivity index (χ0) is 13.9. The van der Waals surface area contributed by atoms with Crippen molar-refractivity contribution in [2.24, 2.45) is 7.05 Å². The number of para-hydroxylation sites is 1. The molecule has 1 aliphatic heterocycles. The van der Waals surface area contributed by atoms with Crippen molar-refractivity contribution in [3.8, 4) is 0 Å². The van der Waals surface area contributed by atoms with Crippen LogP contribution in [-0.4, -0.2) is 11.6 Å². The van der Waals surface area contributed by atoms with Crippen molar-refractivity contribution in [3.63, 3.8) is 0 Å². The van der Waals surface area contributed by atoms with Crippen LogP contribution in [0.15, 0.2) is 46.2 Å². The fourth-order valence-electron chi connectivity index (χ4n) is 2.56. The molecule has 0 saturated carbocycles. The molecule has 0 amide bonds. The van der Waals surface area contributed by atoms with Crippen LogP contribution in [-0.2, 0) is 7.05 Å². The summed E-state index contributed by atoms with van der Waals surface area (Å²) < 4.78 is 4.28. The fraction of sp³-hybridized carbons (Fsp3) is 0.133. The quantitative estimate of drug-likeness (QED) is 0.527. The zero-order valence-corrected chi connectivity index (χ0v) is 13.5. The highest BCUT2D eigenvalue weighted by Gasteiger charge is 2.21. The minimum Gasteiger partial charge on any atom is -0.343 e. The maximum atomic E-state index is 5.39. The molecule has 4 rings (SSSR count). The molecule has 0 atom stereocenters. The van der Waals surface area contributed by atoms with Crippen molar-refractivity contribution in [2.75, 3.05) is 11.9 Å². The number of hydrogen-bond donors (Lipinski definition) is 0. The number of thiazole rings is 1. The van der Waals surface area contributed by atoms with Crippen LogP contribution in [0.2, 0.25) is 0 Å². The molecule has 3 aromatic rings. The lowest BCUT2D eigenvalue weighted by Gasteiger charge is -2.29. The molecule has 100 valence electrons. The van der Waals surface area contributed by atoms with E-state index in [4.69, 9.17) is 12.2 Å². The number of benzene rings is 2. The maximum absolute atomic E-state index is 5.39. The molecule has 1 aliphatic rings. The zero-order valence-electron chi connectivity index (χ0n) is 11.1. The largest absolute Gasteiger partial charge is 0.343 e. The van der Waals surface area contributed by atoms with Crippen LogP contribution in [0.25, 0.3) is 10.2 Å². The molecule has 5 heteroatoms. The van der Waals surface area contributed by atoms with E-state index in [0.29, 0.717) is 0 Å². The summed E-state index contributed by atoms with van der Waals surface area (Å²) in [5, 5.41) is 0. The Morgan fingerprint density at radius 1 is 1.00 bits per heavy atom. The van der Waals surface area contributed by atoms with Crippen LogP contribution in [0.4, 0.5) is 11.4 Å². The van der Waals surface area contributed by atoms with Gasteiger partial charge in [0, 0.05) is 23.9 Å². The molecule has 0 aliphatic carbocycles. The van der Waals surface area contributed by atoms with Crippen LogP contribution in [0.3, 0.4) is 0 Å². The second kappa shape index (κ2) is 4.35. The highest BCUT2D eigenvalue weighted by Crippen LogP contribution is 2.48. The average molecular weight is 316 g/mol. The molecule has 0 fully saturated rings. The van der Waals surface area contributed by atoms with Gasteiger partial charge in [0.2, 0.25) is 0 Å². The van der Waals surface area contributed by atoms with Crippen LogP contribution >= 0.6 is 35.3 Å². The standard InChI is InChI=1S/C15H12N2S3/c1-16-9-5-3-4-6-12(9)19-13-8-14-11(7-10(13)16)17(2)15(18)20-14/h3-8H,1-2H3. The van der Waals surface area contributed by atoms with Crippen LogP contribution in [0.5, 0.6) is 0 Å². The number of fused-ring (bicyclic) bond motifs is 3. The number of rotatable bonds is 0. The van der Waals surface area contributed by atoms with Gasteiger partial charge in [0.1, 0.15) is 0 Å². The van der Waals surface area contributed by atoms with Gasteiger partial charge in [0.15, 0.2) is 3.95 Å². The Balaban J connectivity index is 2.01. The Labute approximate surface area is 130 Å². The fourth-order valence-corrected chi connectivity index (χ4v) is 5.07. The van der Waals surface area contributed by atoms with Gasteiger partial charge in [-0.2, -0.15) is 0 Å². The second-order valence-corrected chi connectivity index (χ2v) is 7.60. The predicted octanol–water partition coefficient (Wildman–Crippen LogP) is 5.20. The SMILES string of the molecule is CN1c2ccccc2Sc2cc3sc(=S)n(C)c3cc21. The summed E-state index contributed by atoms with van der Waals surface area (Å²) in [7, 11) is 4.17. The molecular formula is C15H12N2S3. The van der Waals surface area contributed by atoms with Gasteiger partial charge in [0.25, 0.3) is 0 Å². The molecule has 2 heterocycles. The lowest BCUT2D eigenvalue weighted by atomic mass is 10.2. The van der Waals surface area contributed by atoms with Crippen molar-refractivity contribution in [3.05, 3.63) is 40.4 Å². The third-order valence-corrected chi connectivity index (χ3v) is 6.31. The summed E-state index contributed by atoms with van der Waals surface area (Å²) >= 11 is 8.91. The molecule has 0 bridgehead atoms. The number of nitrogens with zero attached hydrogens (tertiary/aromatic N) is 2. The Morgan fingerprint density at radius 3 is 2.65 bits per heavy atom. The van der Waals surface area contributed by atoms with Gasteiger partial charge < -0.3 is 9.47 Å². The van der Waals surface area contributed by atoms with Gasteiger partial charge in [-0.3, -0.25) is 0 Å². The first kappa shape index (κ1) is 12.4. The first-order valence-electron chi connectivity index (χ1n) is 6.29. The molecule has 0 spiro atoms. The van der Waals surface area contributed by atoms with Gasteiger partial charge >= 0.3 is 0 Å². The topological polar surface area (TPSA) is 8.17 Å². The summed E-state index contributed by atoms with van der Waals surface area (Å²) in [6, 6.07) is 13.0. The maximum Gasteiger partial charge on any atom is 0.161 e. The third kappa shape index (κ3) is 1.67. The summed E-state index contributed by atoms with van der Waals surface area (Å²) in [4.78, 5) is 4.87. The van der Waals surface area contributed by atoms with Gasteiger partial charge in [-0.1, -0.05) is 23.9 Å². The van der Waals surface area contributed by atoms with E-state index >= 15 is 0 Å². The lowest BCUT2D eigenvalue weighted by molar-refractivity contribution is 0.961. The Bertz CT molecular complexity index is 892. The minimum absolute atomic E-state index is 0.924. The molecule has 20 heavy (non-hydrogen) atoms. The first-order chi connectivity index (χ1) is 9.65. The van der Waals surface area contributed by atoms with E-state index in [1.807, 2.05) is 18.8 Å². The van der Waals surface area contributed by atoms with Crippen LogP contribution in [0.1, 0.15) is 0 Å². The van der Waals surface area contributed by atoms with Crippen molar-refractivity contribution >= 4 is 56.9 Å².